The van der Waals surface area contributed by atoms with E-state index in [2.05, 4.69) is 20.0 Å². The largest absolute Gasteiger partial charge is 0.339 e. The Balaban J connectivity index is 1.48. The van der Waals surface area contributed by atoms with Crippen molar-refractivity contribution in [3.8, 4) is 6.07 Å². The van der Waals surface area contributed by atoms with Crippen molar-refractivity contribution in [3.63, 3.8) is 0 Å². The third-order valence-corrected chi connectivity index (χ3v) is 3.77. The van der Waals surface area contributed by atoms with E-state index in [-0.39, 0.29) is 18.3 Å². The van der Waals surface area contributed by atoms with E-state index in [4.69, 9.17) is 5.26 Å². The highest BCUT2D eigenvalue weighted by molar-refractivity contribution is 5.76. The number of piperazine rings is 1. The molecule has 3 heterocycles. The number of aromatic nitrogens is 4. The van der Waals surface area contributed by atoms with Crippen LogP contribution in [0.25, 0.3) is 0 Å². The van der Waals surface area contributed by atoms with Gasteiger partial charge in [-0.1, -0.05) is 6.07 Å². The summed E-state index contributed by atoms with van der Waals surface area (Å²) in [7, 11) is 0. The molecule has 3 rings (SSSR count). The van der Waals surface area contributed by atoms with Gasteiger partial charge in [-0.3, -0.25) is 14.7 Å². The minimum atomic E-state index is -0.00289. The van der Waals surface area contributed by atoms with Gasteiger partial charge in [0.05, 0.1) is 5.69 Å². The number of carbonyl (C=O) groups excluding carboxylic acids is 1. The summed E-state index contributed by atoms with van der Waals surface area (Å²) in [5.74, 6) is 0.0786. The number of nitrogens with zero attached hydrogens (tertiary/aromatic N) is 7. The number of amides is 1. The minimum Gasteiger partial charge on any atom is -0.339 e. The Morgan fingerprint density at radius 2 is 2.04 bits per heavy atom. The van der Waals surface area contributed by atoms with Gasteiger partial charge in [0, 0.05) is 38.9 Å². The van der Waals surface area contributed by atoms with E-state index < -0.39 is 0 Å². The van der Waals surface area contributed by atoms with Crippen LogP contribution < -0.4 is 0 Å². The lowest BCUT2D eigenvalue weighted by Gasteiger charge is -2.34. The molecule has 0 bridgehead atoms. The number of rotatable bonds is 4. The second-order valence-corrected chi connectivity index (χ2v) is 5.36. The van der Waals surface area contributed by atoms with Gasteiger partial charge >= 0.3 is 0 Å². The average Bonchev–Trinajstić information content (AvgIpc) is 3.04. The first-order chi connectivity index (χ1) is 11.2. The quantitative estimate of drug-likeness (QED) is 0.782. The van der Waals surface area contributed by atoms with Crippen molar-refractivity contribution in [3.05, 3.63) is 42.2 Å². The molecule has 0 spiro atoms. The van der Waals surface area contributed by atoms with Crippen molar-refractivity contribution in [1.82, 2.24) is 29.5 Å². The van der Waals surface area contributed by atoms with Crippen LogP contribution in [0.3, 0.4) is 0 Å². The number of hydrogen-bond donors (Lipinski definition) is 0. The summed E-state index contributed by atoms with van der Waals surface area (Å²) in [4.78, 5) is 24.5. The maximum Gasteiger partial charge on any atom is 0.252 e. The van der Waals surface area contributed by atoms with Gasteiger partial charge in [0.1, 0.15) is 18.9 Å². The van der Waals surface area contributed by atoms with E-state index in [1.54, 1.807) is 6.20 Å². The zero-order valence-corrected chi connectivity index (χ0v) is 12.7. The second kappa shape index (κ2) is 6.98. The lowest BCUT2D eigenvalue weighted by molar-refractivity contribution is -0.133. The Kier molecular flexibility index (Phi) is 4.59. The van der Waals surface area contributed by atoms with Gasteiger partial charge in [0.2, 0.25) is 5.91 Å². The van der Waals surface area contributed by atoms with Crippen LogP contribution in [-0.4, -0.2) is 61.6 Å². The molecular formula is C15H17N7O. The number of carbonyl (C=O) groups is 1. The van der Waals surface area contributed by atoms with Crippen LogP contribution in [0.4, 0.5) is 0 Å². The van der Waals surface area contributed by atoms with Gasteiger partial charge in [0.15, 0.2) is 0 Å². The molecule has 2 aromatic heterocycles. The monoisotopic (exact) mass is 311 g/mol. The van der Waals surface area contributed by atoms with E-state index in [1.165, 1.54) is 11.0 Å². The van der Waals surface area contributed by atoms with Gasteiger partial charge in [0.25, 0.3) is 5.82 Å². The van der Waals surface area contributed by atoms with Crippen LogP contribution in [0.15, 0.2) is 30.7 Å². The smallest absolute Gasteiger partial charge is 0.252 e. The Morgan fingerprint density at radius 1 is 1.22 bits per heavy atom. The summed E-state index contributed by atoms with van der Waals surface area (Å²) in [5.41, 5.74) is 1.04. The molecule has 0 N–H and O–H groups in total. The number of pyridine rings is 1. The van der Waals surface area contributed by atoms with Gasteiger partial charge in [-0.05, 0) is 12.1 Å². The summed E-state index contributed by atoms with van der Waals surface area (Å²) in [6, 6.07) is 7.74. The van der Waals surface area contributed by atoms with Crippen molar-refractivity contribution < 1.29 is 4.79 Å². The first-order valence-electron chi connectivity index (χ1n) is 7.44. The summed E-state index contributed by atoms with van der Waals surface area (Å²) in [5, 5.41) is 12.6. The lowest BCUT2D eigenvalue weighted by Crippen LogP contribution is -2.49. The highest BCUT2D eigenvalue weighted by Gasteiger charge is 2.21. The molecule has 0 unspecified atom stereocenters. The Bertz CT molecular complexity index is 698. The van der Waals surface area contributed by atoms with Crippen molar-refractivity contribution in [2.24, 2.45) is 0 Å². The van der Waals surface area contributed by atoms with Crippen LogP contribution in [0.5, 0.6) is 0 Å². The van der Waals surface area contributed by atoms with Crippen molar-refractivity contribution >= 4 is 5.91 Å². The Labute approximate surface area is 134 Å². The minimum absolute atomic E-state index is 0.00289. The molecule has 0 aliphatic carbocycles. The first kappa shape index (κ1) is 15.1. The molecule has 0 atom stereocenters. The number of nitriles is 1. The average molecular weight is 311 g/mol. The molecular weight excluding hydrogens is 294 g/mol. The fourth-order valence-electron chi connectivity index (χ4n) is 2.54. The molecule has 0 saturated carbocycles. The molecule has 1 amide bonds. The van der Waals surface area contributed by atoms with E-state index >= 15 is 0 Å². The maximum atomic E-state index is 12.3. The van der Waals surface area contributed by atoms with Crippen LogP contribution in [0.1, 0.15) is 11.5 Å². The Hall–Kier alpha value is -2.79. The van der Waals surface area contributed by atoms with E-state index in [9.17, 15) is 4.79 Å². The second-order valence-electron chi connectivity index (χ2n) is 5.36. The molecule has 0 aromatic carbocycles. The van der Waals surface area contributed by atoms with Gasteiger partial charge in [-0.25, -0.2) is 9.67 Å². The molecule has 1 aliphatic rings. The zero-order chi connectivity index (χ0) is 16.1. The topological polar surface area (TPSA) is 90.9 Å². The molecule has 23 heavy (non-hydrogen) atoms. The van der Waals surface area contributed by atoms with Crippen LogP contribution in [0.2, 0.25) is 0 Å². The highest BCUT2D eigenvalue weighted by atomic mass is 16.2. The van der Waals surface area contributed by atoms with E-state index in [0.717, 1.165) is 25.3 Å². The summed E-state index contributed by atoms with van der Waals surface area (Å²) in [6.45, 7) is 3.94. The van der Waals surface area contributed by atoms with Crippen molar-refractivity contribution in [2.75, 3.05) is 26.2 Å². The third-order valence-electron chi connectivity index (χ3n) is 3.77. The summed E-state index contributed by atoms with van der Waals surface area (Å²) >= 11 is 0. The predicted octanol–water partition coefficient (Wildman–Crippen LogP) is -0.111. The summed E-state index contributed by atoms with van der Waals surface area (Å²) in [6.07, 6.45) is 3.20. The summed E-state index contributed by atoms with van der Waals surface area (Å²) < 4.78 is 1.40. The SMILES string of the molecule is N#Cc1ncn(CC(=O)N2CCN(Cc3ccccn3)CC2)n1. The van der Waals surface area contributed by atoms with Crippen LogP contribution in [-0.2, 0) is 17.9 Å². The highest BCUT2D eigenvalue weighted by Crippen LogP contribution is 2.07. The predicted molar refractivity (Wildman–Crippen MR) is 80.8 cm³/mol. The van der Waals surface area contributed by atoms with Gasteiger partial charge in [-0.15, -0.1) is 5.10 Å². The van der Waals surface area contributed by atoms with Gasteiger partial charge in [-0.2, -0.15) is 5.26 Å². The fraction of sp³-hybridized carbons (Fsp3) is 0.400. The number of hydrogen-bond acceptors (Lipinski definition) is 6. The zero-order valence-electron chi connectivity index (χ0n) is 12.7. The standard InChI is InChI=1S/C15H17N7O/c16-9-14-18-12-22(19-14)11-15(23)21-7-5-20(6-8-21)10-13-3-1-2-4-17-13/h1-4,12H,5-8,10-11H2. The van der Waals surface area contributed by atoms with Gasteiger partial charge < -0.3 is 4.90 Å². The molecule has 118 valence electrons. The molecule has 0 radical (unpaired) electrons. The third kappa shape index (κ3) is 3.90. The molecule has 2 aromatic rings. The van der Waals surface area contributed by atoms with Crippen LogP contribution >= 0.6 is 0 Å². The maximum absolute atomic E-state index is 12.3. The van der Waals surface area contributed by atoms with Crippen molar-refractivity contribution in [2.45, 2.75) is 13.1 Å². The molecule has 8 heteroatoms. The molecule has 1 saturated heterocycles. The van der Waals surface area contributed by atoms with E-state index in [1.807, 2.05) is 29.2 Å². The van der Waals surface area contributed by atoms with E-state index in [0.29, 0.717) is 13.1 Å². The van der Waals surface area contributed by atoms with Crippen LogP contribution in [0, 0.1) is 11.3 Å². The fourth-order valence-corrected chi connectivity index (χ4v) is 2.54. The first-order valence-corrected chi connectivity index (χ1v) is 7.44. The van der Waals surface area contributed by atoms with Crippen molar-refractivity contribution in [1.29, 1.82) is 5.26 Å². The Morgan fingerprint density at radius 3 is 2.70 bits per heavy atom. The normalized spacial score (nSPS) is 15.3. The lowest BCUT2D eigenvalue weighted by atomic mass is 10.2. The molecule has 8 nitrogen and oxygen atoms in total. The molecule has 1 fully saturated rings. The molecule has 1 aliphatic heterocycles.